The molecule has 0 aliphatic carbocycles. The molecular formula is C33H63N9O12S. The van der Waals surface area contributed by atoms with Crippen molar-refractivity contribution in [1.82, 2.24) is 37.2 Å². The molecular weight excluding hydrogens is 746 g/mol. The normalized spacial score (nSPS) is 22.8. The molecule has 1 rings (SSSR count). The zero-order chi connectivity index (χ0) is 41.7. The van der Waals surface area contributed by atoms with Gasteiger partial charge in [-0.1, -0.05) is 20.3 Å². The van der Waals surface area contributed by atoms with Crippen LogP contribution in [-0.4, -0.2) is 143 Å². The van der Waals surface area contributed by atoms with E-state index in [1.165, 1.54) is 11.8 Å². The molecule has 0 aromatic carbocycles. The van der Waals surface area contributed by atoms with Gasteiger partial charge in [0.05, 0.1) is 25.3 Å². The van der Waals surface area contributed by atoms with Gasteiger partial charge in [-0.2, -0.15) is 11.8 Å². The molecule has 14 N–H and O–H groups in total. The summed E-state index contributed by atoms with van der Waals surface area (Å²) in [5.41, 5.74) is 10.7. The van der Waals surface area contributed by atoms with Crippen molar-refractivity contribution < 1.29 is 62.8 Å². The average molecular weight is 810 g/mol. The first-order valence-electron chi connectivity index (χ1n) is 18.0. The van der Waals surface area contributed by atoms with Gasteiger partial charge >= 0.3 is 5.97 Å². The molecule has 0 radical (unpaired) electrons. The number of carbonyl (C=O) groups excluding carboxylic acids is 8. The van der Waals surface area contributed by atoms with E-state index >= 15 is 0 Å². The topological polar surface area (TPSA) is 351 Å². The first-order chi connectivity index (χ1) is 26.0. The van der Waals surface area contributed by atoms with Gasteiger partial charge in [0.25, 0.3) is 0 Å². The summed E-state index contributed by atoms with van der Waals surface area (Å²) in [6, 6.07) is -9.58. The van der Waals surface area contributed by atoms with Gasteiger partial charge in [-0.25, -0.2) is 4.79 Å². The number of hydrogen-bond acceptors (Lipinski definition) is 13. The monoisotopic (exact) mass is 809 g/mol. The maximum absolute atomic E-state index is 13.6. The van der Waals surface area contributed by atoms with Gasteiger partial charge < -0.3 is 58.7 Å². The molecule has 1 aliphatic heterocycles. The van der Waals surface area contributed by atoms with Crippen LogP contribution < -0.4 is 48.7 Å². The highest BCUT2D eigenvalue weighted by molar-refractivity contribution is 7.98. The predicted octanol–water partition coefficient (Wildman–Crippen LogP) is -3.83. The number of aliphatic hydroxyl groups is 2. The zero-order valence-electron chi connectivity index (χ0n) is 31.4. The van der Waals surface area contributed by atoms with E-state index in [0.717, 1.165) is 0 Å². The van der Waals surface area contributed by atoms with Gasteiger partial charge in [0, 0.05) is 23.7 Å². The SMILES string of the molecule is CC[C@H](C)[C@H](NC1CCC(=O)NCCCCC(C(=O)N[C@@H](CO)C(=O)NC(CCC(N)=O)C(=O)O)NC(=O)[C@H](CO)NC(=O)[C@H](CCSC)NC1=O)C(N)=O.[HH].[HH].[HH]. The summed E-state index contributed by atoms with van der Waals surface area (Å²) in [5, 5.41) is 46.8. The van der Waals surface area contributed by atoms with E-state index < -0.39 is 109 Å². The fourth-order valence-electron chi connectivity index (χ4n) is 5.40. The summed E-state index contributed by atoms with van der Waals surface area (Å²) in [5.74, 6) is -8.01. The van der Waals surface area contributed by atoms with E-state index in [1.54, 1.807) is 13.2 Å². The summed E-state index contributed by atoms with van der Waals surface area (Å²) in [6.45, 7) is 1.82. The number of carboxylic acid groups (broad SMARTS) is 1. The van der Waals surface area contributed by atoms with Gasteiger partial charge in [0.2, 0.25) is 47.3 Å². The number of aliphatic carboxylic acids is 1. The summed E-state index contributed by atoms with van der Waals surface area (Å²) < 4.78 is 0. The number of primary amides is 2. The molecule has 1 saturated heterocycles. The Morgan fingerprint density at radius 2 is 1.58 bits per heavy atom. The molecule has 21 nitrogen and oxygen atoms in total. The van der Waals surface area contributed by atoms with Gasteiger partial charge in [0.1, 0.15) is 30.2 Å². The Kier molecular flexibility index (Phi) is 22.5. The largest absolute Gasteiger partial charge is 0.480 e. The first kappa shape index (κ1) is 48.5. The maximum Gasteiger partial charge on any atom is 0.326 e. The van der Waals surface area contributed by atoms with E-state index in [1.807, 2.05) is 6.92 Å². The average Bonchev–Trinajstić information content (AvgIpc) is 3.13. The molecule has 8 atom stereocenters. The molecule has 0 aromatic heterocycles. The smallest absolute Gasteiger partial charge is 0.326 e. The molecule has 0 saturated carbocycles. The second-order valence-electron chi connectivity index (χ2n) is 13.2. The Hall–Kier alpha value is -4.54. The van der Waals surface area contributed by atoms with E-state index in [9.17, 15) is 58.5 Å². The summed E-state index contributed by atoms with van der Waals surface area (Å²) in [7, 11) is 0. The van der Waals surface area contributed by atoms with Crippen molar-refractivity contribution in [3.05, 3.63) is 0 Å². The lowest BCUT2D eigenvalue weighted by atomic mass is 9.96. The van der Waals surface area contributed by atoms with Crippen molar-refractivity contribution in [2.45, 2.75) is 114 Å². The fraction of sp³-hybridized carbons (Fsp3) is 0.727. The van der Waals surface area contributed by atoms with Crippen LogP contribution in [0.4, 0.5) is 0 Å². The van der Waals surface area contributed by atoms with Crippen molar-refractivity contribution in [2.75, 3.05) is 31.8 Å². The molecule has 8 amide bonds. The van der Waals surface area contributed by atoms with E-state index in [0.29, 0.717) is 12.2 Å². The molecule has 22 heteroatoms. The molecule has 0 aromatic rings. The minimum absolute atomic E-state index is 0. The minimum Gasteiger partial charge on any atom is -0.480 e. The Balaban J connectivity index is -0.0000101. The summed E-state index contributed by atoms with van der Waals surface area (Å²) in [4.78, 5) is 115. The highest BCUT2D eigenvalue weighted by Crippen LogP contribution is 2.12. The van der Waals surface area contributed by atoms with Crippen LogP contribution in [0, 0.1) is 5.92 Å². The van der Waals surface area contributed by atoms with Crippen LogP contribution in [0.3, 0.4) is 0 Å². The molecule has 0 spiro atoms. The minimum atomic E-state index is -1.69. The highest BCUT2D eigenvalue weighted by atomic mass is 32.2. The lowest BCUT2D eigenvalue weighted by molar-refractivity contribution is -0.143. The number of amides is 8. The molecule has 1 fully saturated rings. The van der Waals surface area contributed by atoms with Crippen LogP contribution >= 0.6 is 11.8 Å². The van der Waals surface area contributed by atoms with Gasteiger partial charge in [-0.15, -0.1) is 0 Å². The number of nitrogens with one attached hydrogen (secondary N) is 7. The van der Waals surface area contributed by atoms with Crippen molar-refractivity contribution in [3.8, 4) is 0 Å². The fourth-order valence-corrected chi connectivity index (χ4v) is 5.87. The highest BCUT2D eigenvalue weighted by Gasteiger charge is 2.34. The third-order valence-corrected chi connectivity index (χ3v) is 9.56. The summed E-state index contributed by atoms with van der Waals surface area (Å²) in [6.07, 6.45) is 1.84. The van der Waals surface area contributed by atoms with Crippen LogP contribution in [0.25, 0.3) is 0 Å². The van der Waals surface area contributed by atoms with E-state index in [2.05, 4.69) is 37.2 Å². The number of hydrogen-bond donors (Lipinski definition) is 12. The van der Waals surface area contributed by atoms with Gasteiger partial charge in [-0.3, -0.25) is 43.7 Å². The van der Waals surface area contributed by atoms with Crippen molar-refractivity contribution >= 4 is 65.0 Å². The lowest BCUT2D eigenvalue weighted by Crippen LogP contribution is -2.61. The van der Waals surface area contributed by atoms with Crippen LogP contribution in [0.1, 0.15) is 75.9 Å². The number of nitrogens with two attached hydrogens (primary N) is 2. The number of aliphatic hydroxyl groups excluding tert-OH is 2. The van der Waals surface area contributed by atoms with Crippen molar-refractivity contribution in [1.29, 1.82) is 0 Å². The van der Waals surface area contributed by atoms with Gasteiger partial charge in [-0.05, 0) is 56.5 Å². The lowest BCUT2D eigenvalue weighted by Gasteiger charge is -2.29. The van der Waals surface area contributed by atoms with Gasteiger partial charge in [0.15, 0.2) is 0 Å². The number of rotatable bonds is 18. The quantitative estimate of drug-likeness (QED) is 0.0632. The van der Waals surface area contributed by atoms with E-state index in [4.69, 9.17) is 11.5 Å². The molecule has 3 unspecified atom stereocenters. The predicted molar refractivity (Wildman–Crippen MR) is 205 cm³/mol. The maximum atomic E-state index is 13.6. The Morgan fingerprint density at radius 1 is 0.927 bits per heavy atom. The Labute approximate surface area is 327 Å². The zero-order valence-corrected chi connectivity index (χ0v) is 32.2. The third kappa shape index (κ3) is 17.6. The summed E-state index contributed by atoms with van der Waals surface area (Å²) >= 11 is 1.36. The van der Waals surface area contributed by atoms with Crippen molar-refractivity contribution in [3.63, 3.8) is 0 Å². The number of carboxylic acids is 1. The van der Waals surface area contributed by atoms with Crippen LogP contribution in [0.5, 0.6) is 0 Å². The standard InChI is InChI=1S/C33H57N9O12S.3H2/c1-4-17(2)26(27(35)47)37-19-9-11-25(46)36-13-6-5-7-18(28(48)41-23(16-44)32(52)40-21(33(53)54)8-10-24(34)45)38-31(51)22(15-43)42-30(50)20(12-14-55-3)39-29(19)49;;;/h17-23,26,37,43-44H,4-16H2,1-3H3,(H2,34,45)(H2,35,47)(H,36,46)(H,38,51)(H,39,49)(H,40,52)(H,41,48)(H,42,50)(H,53,54);3*1H/t17-,18?,19?,20-,21?,22-,23-,26-;;;/m0.../s1. The molecule has 1 heterocycles. The third-order valence-electron chi connectivity index (χ3n) is 8.92. The van der Waals surface area contributed by atoms with Crippen LogP contribution in [0.2, 0.25) is 0 Å². The number of thioether (sulfide) groups is 1. The Morgan fingerprint density at radius 3 is 2.15 bits per heavy atom. The Bertz CT molecular complexity index is 1370. The van der Waals surface area contributed by atoms with Crippen molar-refractivity contribution in [2.24, 2.45) is 17.4 Å². The number of carbonyl (C=O) groups is 9. The molecule has 0 bridgehead atoms. The molecule has 1 aliphatic rings. The molecule has 55 heavy (non-hydrogen) atoms. The van der Waals surface area contributed by atoms with E-state index in [-0.39, 0.29) is 68.1 Å². The second kappa shape index (κ2) is 25.5. The van der Waals surface area contributed by atoms with Crippen LogP contribution in [-0.2, 0) is 43.2 Å². The van der Waals surface area contributed by atoms with Crippen LogP contribution in [0.15, 0.2) is 0 Å². The first-order valence-corrected chi connectivity index (χ1v) is 19.4. The molecule has 318 valence electrons. The second-order valence-corrected chi connectivity index (χ2v) is 14.2.